The molecule has 110 valence electrons. The van der Waals surface area contributed by atoms with E-state index in [1.807, 2.05) is 31.2 Å². The number of aromatic nitrogens is 1. The van der Waals surface area contributed by atoms with E-state index in [1.165, 1.54) is 18.0 Å². The van der Waals surface area contributed by atoms with Crippen molar-refractivity contribution in [2.75, 3.05) is 11.1 Å². The van der Waals surface area contributed by atoms with Crippen LogP contribution in [0.2, 0.25) is 5.02 Å². The molecule has 1 heterocycles. The molecule has 0 fully saturated rings. The summed E-state index contributed by atoms with van der Waals surface area (Å²) in [6, 6.07) is 10.9. The molecule has 1 aromatic carbocycles. The van der Waals surface area contributed by atoms with Crippen molar-refractivity contribution < 1.29 is 4.79 Å². The second-order valence-corrected chi connectivity index (χ2v) is 6.15. The van der Waals surface area contributed by atoms with Crippen LogP contribution in [0.4, 0.5) is 11.5 Å². The van der Waals surface area contributed by atoms with Crippen LogP contribution in [0.25, 0.3) is 0 Å². The van der Waals surface area contributed by atoms with E-state index < -0.39 is 0 Å². The predicted molar refractivity (Wildman–Crippen MR) is 88.7 cm³/mol. The lowest BCUT2D eigenvalue weighted by atomic mass is 10.3. The Morgan fingerprint density at radius 1 is 1.43 bits per heavy atom. The summed E-state index contributed by atoms with van der Waals surface area (Å²) < 4.78 is 0. The monoisotopic (exact) mass is 321 g/mol. The minimum Gasteiger partial charge on any atom is -0.399 e. The molecular weight excluding hydrogens is 306 g/mol. The van der Waals surface area contributed by atoms with E-state index in [9.17, 15) is 4.79 Å². The first-order valence-electron chi connectivity index (χ1n) is 6.53. The summed E-state index contributed by atoms with van der Waals surface area (Å²) in [5.74, 6) is 0.413. The highest BCUT2D eigenvalue weighted by Crippen LogP contribution is 2.27. The fourth-order valence-corrected chi connectivity index (χ4v) is 2.87. The van der Waals surface area contributed by atoms with Crippen LogP contribution in [0, 0.1) is 0 Å². The zero-order chi connectivity index (χ0) is 15.2. The van der Waals surface area contributed by atoms with Gasteiger partial charge in [-0.25, -0.2) is 4.98 Å². The third-order valence-corrected chi connectivity index (χ3v) is 4.36. The van der Waals surface area contributed by atoms with E-state index in [1.54, 1.807) is 12.1 Å². The Morgan fingerprint density at radius 3 is 2.86 bits per heavy atom. The van der Waals surface area contributed by atoms with Crippen molar-refractivity contribution in [2.45, 2.75) is 23.5 Å². The number of nitrogens with one attached hydrogen (secondary N) is 1. The number of rotatable bonds is 5. The highest BCUT2D eigenvalue weighted by atomic mass is 35.5. The van der Waals surface area contributed by atoms with Crippen LogP contribution in [0.3, 0.4) is 0 Å². The summed E-state index contributed by atoms with van der Waals surface area (Å²) in [5.41, 5.74) is 6.44. The molecule has 0 aliphatic heterocycles. The van der Waals surface area contributed by atoms with Crippen molar-refractivity contribution in [3.05, 3.63) is 47.6 Å². The van der Waals surface area contributed by atoms with Gasteiger partial charge < -0.3 is 11.1 Å². The summed E-state index contributed by atoms with van der Waals surface area (Å²) in [4.78, 5) is 17.3. The minimum absolute atomic E-state index is 0.0836. The van der Waals surface area contributed by atoms with Crippen LogP contribution in [0.15, 0.2) is 47.5 Å². The lowest BCUT2D eigenvalue weighted by Gasteiger charge is -2.14. The Labute approximate surface area is 133 Å². The number of amides is 1. The molecule has 0 saturated heterocycles. The van der Waals surface area contributed by atoms with Gasteiger partial charge in [-0.1, -0.05) is 24.6 Å². The van der Waals surface area contributed by atoms with Crippen molar-refractivity contribution in [3.63, 3.8) is 0 Å². The molecule has 0 saturated carbocycles. The molecule has 0 aliphatic rings. The SMILES string of the molecule is CCC(Sc1cccc(N)c1)C(=O)Nc1ccc(Cl)cn1. The van der Waals surface area contributed by atoms with Gasteiger partial charge in [-0.15, -0.1) is 11.8 Å². The molecule has 0 spiro atoms. The molecule has 6 heteroatoms. The van der Waals surface area contributed by atoms with Gasteiger partial charge in [0.25, 0.3) is 0 Å². The van der Waals surface area contributed by atoms with E-state index >= 15 is 0 Å². The molecule has 1 amide bonds. The van der Waals surface area contributed by atoms with Gasteiger partial charge in [0.2, 0.25) is 5.91 Å². The number of hydrogen-bond donors (Lipinski definition) is 2. The normalized spacial score (nSPS) is 11.9. The highest BCUT2D eigenvalue weighted by molar-refractivity contribution is 8.00. The molecule has 1 unspecified atom stereocenters. The van der Waals surface area contributed by atoms with Gasteiger partial charge in [0.1, 0.15) is 5.82 Å². The lowest BCUT2D eigenvalue weighted by molar-refractivity contribution is -0.115. The number of nitrogens with zero attached hydrogens (tertiary/aromatic N) is 1. The van der Waals surface area contributed by atoms with Crippen molar-refractivity contribution in [1.82, 2.24) is 4.98 Å². The molecule has 0 bridgehead atoms. The predicted octanol–water partition coefficient (Wildman–Crippen LogP) is 3.83. The first-order chi connectivity index (χ1) is 10.1. The molecule has 0 aliphatic carbocycles. The Bertz CT molecular complexity index is 619. The van der Waals surface area contributed by atoms with Gasteiger partial charge in [-0.2, -0.15) is 0 Å². The fourth-order valence-electron chi connectivity index (χ4n) is 1.73. The average molecular weight is 322 g/mol. The quantitative estimate of drug-likeness (QED) is 0.648. The molecular formula is C15H16ClN3OS. The van der Waals surface area contributed by atoms with Gasteiger partial charge in [0, 0.05) is 16.8 Å². The molecule has 1 aromatic heterocycles. The standard InChI is InChI=1S/C15H16ClN3OS/c1-2-13(21-12-5-3-4-11(17)8-12)15(20)19-14-7-6-10(16)9-18-14/h3-9,13H,2,17H2,1H3,(H,18,19,20). The van der Waals surface area contributed by atoms with Crippen LogP contribution in [0.1, 0.15) is 13.3 Å². The first-order valence-corrected chi connectivity index (χ1v) is 7.79. The molecule has 3 N–H and O–H groups in total. The molecule has 2 rings (SSSR count). The van der Waals surface area contributed by atoms with E-state index in [-0.39, 0.29) is 11.2 Å². The van der Waals surface area contributed by atoms with Gasteiger partial charge in [0.15, 0.2) is 0 Å². The Balaban J connectivity index is 2.03. The number of nitrogens with two attached hydrogens (primary N) is 1. The van der Waals surface area contributed by atoms with E-state index in [2.05, 4.69) is 10.3 Å². The van der Waals surface area contributed by atoms with Crippen molar-refractivity contribution in [3.8, 4) is 0 Å². The van der Waals surface area contributed by atoms with Gasteiger partial charge in [-0.3, -0.25) is 4.79 Å². The molecule has 4 nitrogen and oxygen atoms in total. The van der Waals surface area contributed by atoms with Gasteiger partial charge >= 0.3 is 0 Å². The van der Waals surface area contributed by atoms with Crippen molar-refractivity contribution in [2.24, 2.45) is 0 Å². The maximum atomic E-state index is 12.3. The molecule has 0 radical (unpaired) electrons. The highest BCUT2D eigenvalue weighted by Gasteiger charge is 2.18. The smallest absolute Gasteiger partial charge is 0.239 e. The van der Waals surface area contributed by atoms with Crippen LogP contribution in [-0.2, 0) is 4.79 Å². The number of anilines is 2. The number of benzene rings is 1. The second-order valence-electron chi connectivity index (χ2n) is 4.44. The second kappa shape index (κ2) is 7.33. The average Bonchev–Trinajstić information content (AvgIpc) is 2.47. The van der Waals surface area contributed by atoms with Crippen LogP contribution in [-0.4, -0.2) is 16.1 Å². The molecule has 2 aromatic rings. The molecule has 21 heavy (non-hydrogen) atoms. The maximum Gasteiger partial charge on any atom is 0.239 e. The van der Waals surface area contributed by atoms with Crippen molar-refractivity contribution in [1.29, 1.82) is 0 Å². The van der Waals surface area contributed by atoms with E-state index in [4.69, 9.17) is 17.3 Å². The Hall–Kier alpha value is -1.72. The lowest BCUT2D eigenvalue weighted by Crippen LogP contribution is -2.24. The van der Waals surface area contributed by atoms with Crippen LogP contribution >= 0.6 is 23.4 Å². The number of nitrogen functional groups attached to an aromatic ring is 1. The summed E-state index contributed by atoms with van der Waals surface area (Å²) in [7, 11) is 0. The molecule has 1 atom stereocenters. The third kappa shape index (κ3) is 4.65. The minimum atomic E-state index is -0.204. The number of carbonyl (C=O) groups excluding carboxylic acids is 1. The van der Waals surface area contributed by atoms with Crippen LogP contribution < -0.4 is 11.1 Å². The van der Waals surface area contributed by atoms with Crippen LogP contribution in [0.5, 0.6) is 0 Å². The Morgan fingerprint density at radius 2 is 2.24 bits per heavy atom. The zero-order valence-electron chi connectivity index (χ0n) is 11.5. The zero-order valence-corrected chi connectivity index (χ0v) is 13.1. The van der Waals surface area contributed by atoms with Gasteiger partial charge in [-0.05, 0) is 36.8 Å². The van der Waals surface area contributed by atoms with Gasteiger partial charge in [0.05, 0.1) is 10.3 Å². The Kier molecular flexibility index (Phi) is 5.47. The number of carbonyl (C=O) groups is 1. The summed E-state index contributed by atoms with van der Waals surface area (Å²) in [6.45, 7) is 1.97. The summed E-state index contributed by atoms with van der Waals surface area (Å²) in [6.07, 6.45) is 2.21. The van der Waals surface area contributed by atoms with E-state index in [0.717, 1.165) is 4.90 Å². The first kappa shape index (κ1) is 15.7. The number of thioether (sulfide) groups is 1. The summed E-state index contributed by atoms with van der Waals surface area (Å²) >= 11 is 7.26. The largest absolute Gasteiger partial charge is 0.399 e. The fraction of sp³-hybridized carbons (Fsp3) is 0.200. The number of halogens is 1. The van der Waals surface area contributed by atoms with E-state index in [0.29, 0.717) is 22.9 Å². The van der Waals surface area contributed by atoms with Crippen molar-refractivity contribution >= 4 is 40.8 Å². The topological polar surface area (TPSA) is 68.0 Å². The maximum absolute atomic E-state index is 12.3. The third-order valence-electron chi connectivity index (χ3n) is 2.78. The number of pyridine rings is 1. The number of hydrogen-bond acceptors (Lipinski definition) is 4. The summed E-state index contributed by atoms with van der Waals surface area (Å²) in [5, 5.41) is 3.13.